The van der Waals surface area contributed by atoms with E-state index in [4.69, 9.17) is 0 Å². The highest BCUT2D eigenvalue weighted by atomic mass is 32.1. The van der Waals surface area contributed by atoms with Crippen LogP contribution in [0, 0.1) is 28.5 Å². The van der Waals surface area contributed by atoms with Crippen LogP contribution >= 0.6 is 11.3 Å². The fourth-order valence-electron chi connectivity index (χ4n) is 4.58. The van der Waals surface area contributed by atoms with Gasteiger partial charge in [-0.15, -0.1) is 11.3 Å². The molecule has 0 saturated carbocycles. The normalized spacial score (nSPS) is 13.2. The largest absolute Gasteiger partial charge is 0.342 e. The fraction of sp³-hybridized carbons (Fsp3) is 0.179. The molecule has 0 aliphatic heterocycles. The monoisotopic (exact) mass is 480 g/mol. The minimum absolute atomic E-state index is 0.0611. The van der Waals surface area contributed by atoms with E-state index in [1.54, 1.807) is 24.3 Å². The van der Waals surface area contributed by atoms with Gasteiger partial charge in [-0.3, -0.25) is 4.79 Å². The van der Waals surface area contributed by atoms with Crippen molar-refractivity contribution in [2.24, 2.45) is 0 Å². The average Bonchev–Trinajstić information content (AvgIpc) is 3.41. The van der Waals surface area contributed by atoms with Gasteiger partial charge >= 0.3 is 0 Å². The summed E-state index contributed by atoms with van der Waals surface area (Å²) >= 11 is 1.43. The second-order valence-electron chi connectivity index (χ2n) is 8.47. The molecule has 1 N–H and O–H groups in total. The van der Waals surface area contributed by atoms with Crippen molar-refractivity contribution in [3.05, 3.63) is 93.2 Å². The van der Waals surface area contributed by atoms with E-state index in [0.717, 1.165) is 47.0 Å². The molecule has 4 aromatic rings. The molecule has 5 nitrogen and oxygen atoms in total. The first-order valence-corrected chi connectivity index (χ1v) is 12.2. The van der Waals surface area contributed by atoms with Crippen molar-refractivity contribution in [1.29, 1.82) is 10.5 Å². The number of nitrogens with one attached hydrogen (secondary N) is 1. The molecule has 2 heterocycles. The number of benzene rings is 2. The molecule has 0 spiro atoms. The maximum absolute atomic E-state index is 14.3. The van der Waals surface area contributed by atoms with Gasteiger partial charge in [-0.05, 0) is 49.5 Å². The predicted molar refractivity (Wildman–Crippen MR) is 135 cm³/mol. The van der Waals surface area contributed by atoms with Gasteiger partial charge in [0.25, 0.3) is 5.91 Å². The Balaban J connectivity index is 1.48. The number of hydrogen-bond acceptors (Lipinski definition) is 4. The van der Waals surface area contributed by atoms with Crippen LogP contribution in [0.2, 0.25) is 0 Å². The Hall–Kier alpha value is -4.20. The number of fused-ring (bicyclic) bond motifs is 2. The van der Waals surface area contributed by atoms with Crippen molar-refractivity contribution in [1.82, 2.24) is 4.57 Å². The molecule has 0 bridgehead atoms. The first kappa shape index (κ1) is 22.6. The molecule has 0 saturated heterocycles. The Morgan fingerprint density at radius 3 is 2.69 bits per heavy atom. The highest BCUT2D eigenvalue weighted by Gasteiger charge is 2.23. The van der Waals surface area contributed by atoms with E-state index in [1.807, 2.05) is 41.1 Å². The molecule has 0 fully saturated rings. The first-order valence-electron chi connectivity index (χ1n) is 11.4. The maximum Gasteiger partial charge on any atom is 0.266 e. The lowest BCUT2D eigenvalue weighted by molar-refractivity contribution is -0.112. The molecule has 0 unspecified atom stereocenters. The summed E-state index contributed by atoms with van der Waals surface area (Å²) in [5.74, 6) is -0.833. The van der Waals surface area contributed by atoms with Crippen LogP contribution in [-0.4, -0.2) is 10.5 Å². The third kappa shape index (κ3) is 4.35. The van der Waals surface area contributed by atoms with Gasteiger partial charge in [-0.2, -0.15) is 10.5 Å². The summed E-state index contributed by atoms with van der Waals surface area (Å²) < 4.78 is 16.2. The van der Waals surface area contributed by atoms with Crippen LogP contribution in [-0.2, 0) is 24.2 Å². The molecule has 2 aromatic carbocycles. The summed E-state index contributed by atoms with van der Waals surface area (Å²) in [7, 11) is 0. The van der Waals surface area contributed by atoms with Crippen LogP contribution in [0.1, 0.15) is 40.0 Å². The van der Waals surface area contributed by atoms with Gasteiger partial charge in [-0.25, -0.2) is 4.39 Å². The molecule has 0 radical (unpaired) electrons. The van der Waals surface area contributed by atoms with Gasteiger partial charge < -0.3 is 9.88 Å². The van der Waals surface area contributed by atoms with Crippen LogP contribution < -0.4 is 5.32 Å². The lowest BCUT2D eigenvalue weighted by atomic mass is 9.96. The quantitative estimate of drug-likeness (QED) is 0.273. The molecule has 172 valence electrons. The SMILES string of the molecule is N#C/C(=C\c1cn(Cc2ccccc2F)c2ccccc12)C(=O)Nc1sc2c(c1C#N)CCCC2. The number of aromatic nitrogens is 1. The van der Waals surface area contributed by atoms with Crippen LogP contribution in [0.3, 0.4) is 0 Å². The third-order valence-electron chi connectivity index (χ3n) is 6.29. The first-order chi connectivity index (χ1) is 17.1. The summed E-state index contributed by atoms with van der Waals surface area (Å²) in [5, 5.41) is 23.6. The number of halogens is 1. The van der Waals surface area contributed by atoms with Crippen molar-refractivity contribution in [3.63, 3.8) is 0 Å². The summed E-state index contributed by atoms with van der Waals surface area (Å²) in [5.41, 5.74) is 3.59. The van der Waals surface area contributed by atoms with E-state index in [1.165, 1.54) is 17.4 Å². The molecule has 5 rings (SSSR count). The van der Waals surface area contributed by atoms with E-state index < -0.39 is 5.91 Å². The van der Waals surface area contributed by atoms with E-state index in [-0.39, 0.29) is 11.4 Å². The van der Waals surface area contributed by atoms with Gasteiger partial charge in [0.15, 0.2) is 0 Å². The van der Waals surface area contributed by atoms with Gasteiger partial charge in [0.1, 0.15) is 28.5 Å². The molecule has 1 amide bonds. The van der Waals surface area contributed by atoms with Crippen molar-refractivity contribution < 1.29 is 9.18 Å². The molecule has 7 heteroatoms. The van der Waals surface area contributed by atoms with Crippen molar-refractivity contribution in [3.8, 4) is 12.1 Å². The summed E-state index contributed by atoms with van der Waals surface area (Å²) in [6, 6.07) is 18.5. The van der Waals surface area contributed by atoms with Gasteiger partial charge in [0.2, 0.25) is 0 Å². The minimum Gasteiger partial charge on any atom is -0.342 e. The smallest absolute Gasteiger partial charge is 0.266 e. The molecule has 35 heavy (non-hydrogen) atoms. The topological polar surface area (TPSA) is 81.6 Å². The number of nitriles is 2. The van der Waals surface area contributed by atoms with E-state index in [0.29, 0.717) is 28.2 Å². The van der Waals surface area contributed by atoms with E-state index in [9.17, 15) is 19.7 Å². The Kier molecular flexibility index (Phi) is 6.18. The summed E-state index contributed by atoms with van der Waals surface area (Å²) in [4.78, 5) is 14.2. The number of amides is 1. The number of para-hydroxylation sites is 1. The predicted octanol–water partition coefficient (Wildman–Crippen LogP) is 6.19. The molecular formula is C28H21FN4OS. The highest BCUT2D eigenvalue weighted by molar-refractivity contribution is 7.16. The Morgan fingerprint density at radius 1 is 1.11 bits per heavy atom. The highest BCUT2D eigenvalue weighted by Crippen LogP contribution is 2.38. The van der Waals surface area contributed by atoms with Crippen molar-refractivity contribution in [2.45, 2.75) is 32.2 Å². The molecule has 1 aliphatic rings. The number of carbonyl (C=O) groups excluding carboxylic acids is 1. The molecule has 0 atom stereocenters. The second kappa shape index (κ2) is 9.58. The molecule has 1 aliphatic carbocycles. The number of rotatable bonds is 5. The number of thiophene rings is 1. The van der Waals surface area contributed by atoms with Gasteiger partial charge in [-0.1, -0.05) is 36.4 Å². The standard InChI is InChI=1S/C28H21FN4OS/c29-24-10-4-1-7-18(24)16-33-17-20(21-8-2-5-11-25(21)33)13-19(14-30)27(34)32-28-23(15-31)22-9-3-6-12-26(22)35-28/h1-2,4-5,7-8,10-11,13,17H,3,6,9,12,16H2,(H,32,34)/b19-13+. The van der Waals surface area contributed by atoms with Crippen LogP contribution in [0.15, 0.2) is 60.3 Å². The summed E-state index contributed by atoms with van der Waals surface area (Å²) in [6.07, 6.45) is 7.24. The van der Waals surface area contributed by atoms with Crippen LogP contribution in [0.5, 0.6) is 0 Å². The van der Waals surface area contributed by atoms with E-state index >= 15 is 0 Å². The maximum atomic E-state index is 14.3. The van der Waals surface area contributed by atoms with Gasteiger partial charge in [0, 0.05) is 33.1 Å². The van der Waals surface area contributed by atoms with Crippen LogP contribution in [0.4, 0.5) is 9.39 Å². The number of aryl methyl sites for hydroxylation is 1. The lowest BCUT2D eigenvalue weighted by Gasteiger charge is -2.09. The summed E-state index contributed by atoms with van der Waals surface area (Å²) in [6.45, 7) is 0.321. The van der Waals surface area contributed by atoms with E-state index in [2.05, 4.69) is 11.4 Å². The number of hydrogen-bond donors (Lipinski definition) is 1. The van der Waals surface area contributed by atoms with Crippen LogP contribution in [0.25, 0.3) is 17.0 Å². The molecular weight excluding hydrogens is 459 g/mol. The molecule has 2 aromatic heterocycles. The Morgan fingerprint density at radius 2 is 1.89 bits per heavy atom. The zero-order valence-electron chi connectivity index (χ0n) is 18.8. The average molecular weight is 481 g/mol. The van der Waals surface area contributed by atoms with Gasteiger partial charge in [0.05, 0.1) is 12.1 Å². The van der Waals surface area contributed by atoms with Crippen molar-refractivity contribution in [2.75, 3.05) is 5.32 Å². The Bertz CT molecular complexity index is 1560. The number of nitrogens with zero attached hydrogens (tertiary/aromatic N) is 3. The Labute approximate surface area is 206 Å². The second-order valence-corrected chi connectivity index (χ2v) is 9.58. The zero-order chi connectivity index (χ0) is 24.4. The fourth-order valence-corrected chi connectivity index (χ4v) is 5.81. The lowest BCUT2D eigenvalue weighted by Crippen LogP contribution is -2.13. The minimum atomic E-state index is -0.548. The number of anilines is 1. The third-order valence-corrected chi connectivity index (χ3v) is 7.50. The van der Waals surface area contributed by atoms with Crippen molar-refractivity contribution >= 4 is 39.2 Å². The zero-order valence-corrected chi connectivity index (χ0v) is 19.7. The number of carbonyl (C=O) groups is 1.